The first-order valence-electron chi connectivity index (χ1n) is 4.04. The van der Waals surface area contributed by atoms with Gasteiger partial charge in [0.05, 0.1) is 11.2 Å². The van der Waals surface area contributed by atoms with Gasteiger partial charge in [0.15, 0.2) is 5.69 Å². The Hall–Kier alpha value is -1.50. The second-order valence-electron chi connectivity index (χ2n) is 2.87. The molecule has 0 aromatic carbocycles. The lowest BCUT2D eigenvalue weighted by molar-refractivity contribution is 0.0946. The number of carbonyl (C=O) groups is 1. The molecule has 0 bridgehead atoms. The molecule has 1 atom stereocenters. The van der Waals surface area contributed by atoms with Crippen LogP contribution in [0.15, 0.2) is 6.20 Å². The van der Waals surface area contributed by atoms with Crippen LogP contribution in [0.1, 0.15) is 17.4 Å². The Morgan fingerprint density at radius 3 is 3.07 bits per heavy atom. The molecule has 1 rings (SSSR count). The molecule has 76 valence electrons. The third-order valence-corrected chi connectivity index (χ3v) is 2.10. The third kappa shape index (κ3) is 2.77. The zero-order chi connectivity index (χ0) is 10.6. The molecule has 1 aromatic rings. The molecule has 0 radical (unpaired) electrons. The van der Waals surface area contributed by atoms with E-state index in [1.807, 2.05) is 6.92 Å². The van der Waals surface area contributed by atoms with E-state index >= 15 is 0 Å². The molecule has 4 N–H and O–H groups in total. The van der Waals surface area contributed by atoms with Crippen LogP contribution in [0.5, 0.6) is 0 Å². The van der Waals surface area contributed by atoms with Gasteiger partial charge in [0.25, 0.3) is 5.91 Å². The minimum atomic E-state index is -0.290. The zero-order valence-electron chi connectivity index (χ0n) is 7.65. The summed E-state index contributed by atoms with van der Waals surface area (Å²) in [6, 6.07) is 0. The van der Waals surface area contributed by atoms with Gasteiger partial charge in [0.2, 0.25) is 0 Å². The van der Waals surface area contributed by atoms with Crippen LogP contribution in [0.4, 0.5) is 0 Å². The van der Waals surface area contributed by atoms with Gasteiger partial charge in [0, 0.05) is 12.5 Å². The van der Waals surface area contributed by atoms with Crippen LogP contribution in [-0.2, 0) is 0 Å². The predicted octanol–water partition coefficient (Wildman–Crippen LogP) is -0.543. The molecule has 14 heavy (non-hydrogen) atoms. The van der Waals surface area contributed by atoms with E-state index in [1.54, 1.807) is 0 Å². The van der Waals surface area contributed by atoms with Crippen LogP contribution in [0.2, 0.25) is 0 Å². The highest BCUT2D eigenvalue weighted by atomic mass is 32.1. The lowest BCUT2D eigenvalue weighted by atomic mass is 10.2. The summed E-state index contributed by atoms with van der Waals surface area (Å²) < 4.78 is 0. The number of nitrogens with two attached hydrogens (primary N) is 1. The van der Waals surface area contributed by atoms with Gasteiger partial charge in [-0.2, -0.15) is 15.4 Å². The van der Waals surface area contributed by atoms with Gasteiger partial charge in [-0.15, -0.1) is 0 Å². The summed E-state index contributed by atoms with van der Waals surface area (Å²) in [5.74, 6) is -0.317. The highest BCUT2D eigenvalue weighted by molar-refractivity contribution is 7.80. The quantitative estimate of drug-likeness (QED) is 0.583. The number of aromatic nitrogens is 3. The van der Waals surface area contributed by atoms with Crippen molar-refractivity contribution >= 4 is 23.1 Å². The number of nitrogens with one attached hydrogen (secondary N) is 2. The maximum atomic E-state index is 11.3. The Balaban J connectivity index is 2.40. The molecule has 1 unspecified atom stereocenters. The summed E-state index contributed by atoms with van der Waals surface area (Å²) in [5.41, 5.74) is 5.64. The van der Waals surface area contributed by atoms with Crippen molar-refractivity contribution < 1.29 is 4.79 Å². The van der Waals surface area contributed by atoms with Gasteiger partial charge < -0.3 is 11.1 Å². The number of nitrogens with zero attached hydrogens (tertiary/aromatic N) is 2. The van der Waals surface area contributed by atoms with Crippen LogP contribution in [0.25, 0.3) is 0 Å². The van der Waals surface area contributed by atoms with Crippen LogP contribution in [0.3, 0.4) is 0 Å². The van der Waals surface area contributed by atoms with E-state index in [0.717, 1.165) is 0 Å². The second kappa shape index (κ2) is 4.66. The van der Waals surface area contributed by atoms with Crippen LogP contribution in [0, 0.1) is 5.92 Å². The molecule has 0 aliphatic carbocycles. The third-order valence-electron chi connectivity index (χ3n) is 1.70. The molecular formula is C7H11N5OS. The first-order valence-corrected chi connectivity index (χ1v) is 4.45. The number of amides is 1. The van der Waals surface area contributed by atoms with Crippen LogP contribution < -0.4 is 11.1 Å². The molecule has 0 aliphatic heterocycles. The monoisotopic (exact) mass is 213 g/mol. The molecule has 1 heterocycles. The molecule has 0 saturated carbocycles. The van der Waals surface area contributed by atoms with Crippen molar-refractivity contribution in [2.24, 2.45) is 11.7 Å². The fourth-order valence-corrected chi connectivity index (χ4v) is 0.831. The van der Waals surface area contributed by atoms with Crippen molar-refractivity contribution in [3.8, 4) is 0 Å². The average molecular weight is 213 g/mol. The Labute approximate surface area is 86.3 Å². The molecule has 1 amide bonds. The maximum Gasteiger partial charge on any atom is 0.273 e. The van der Waals surface area contributed by atoms with Crippen molar-refractivity contribution in [1.29, 1.82) is 0 Å². The van der Waals surface area contributed by atoms with Gasteiger partial charge in [-0.1, -0.05) is 19.1 Å². The van der Waals surface area contributed by atoms with Crippen molar-refractivity contribution in [2.45, 2.75) is 6.92 Å². The van der Waals surface area contributed by atoms with Gasteiger partial charge >= 0.3 is 0 Å². The van der Waals surface area contributed by atoms with E-state index < -0.39 is 0 Å². The predicted molar refractivity (Wildman–Crippen MR) is 54.7 cm³/mol. The first-order chi connectivity index (χ1) is 6.61. The number of hydrogen-bond acceptors (Lipinski definition) is 4. The maximum absolute atomic E-state index is 11.3. The van der Waals surface area contributed by atoms with Crippen molar-refractivity contribution in [3.63, 3.8) is 0 Å². The molecule has 1 aromatic heterocycles. The summed E-state index contributed by atoms with van der Waals surface area (Å²) in [5, 5.41) is 12.1. The van der Waals surface area contributed by atoms with Gasteiger partial charge in [-0.05, 0) is 0 Å². The summed E-state index contributed by atoms with van der Waals surface area (Å²) in [6.45, 7) is 2.24. The number of H-pyrrole nitrogens is 1. The smallest absolute Gasteiger partial charge is 0.273 e. The standard InChI is InChI=1S/C7H11N5OS/c1-4(6(8)14)2-9-7(13)5-3-10-12-11-5/h3-4H,2H2,1H3,(H2,8,14)(H,9,13)(H,10,11,12). The number of rotatable bonds is 4. The minimum Gasteiger partial charge on any atom is -0.393 e. The summed E-state index contributed by atoms with van der Waals surface area (Å²) in [7, 11) is 0. The minimum absolute atomic E-state index is 0.0270. The van der Waals surface area contributed by atoms with Crippen molar-refractivity contribution in [1.82, 2.24) is 20.7 Å². The normalized spacial score (nSPS) is 12.1. The molecule has 7 heteroatoms. The Kier molecular flexibility index (Phi) is 3.52. The molecular weight excluding hydrogens is 202 g/mol. The number of hydrogen-bond donors (Lipinski definition) is 3. The van der Waals surface area contributed by atoms with E-state index in [0.29, 0.717) is 11.5 Å². The van der Waals surface area contributed by atoms with E-state index in [4.69, 9.17) is 18.0 Å². The zero-order valence-corrected chi connectivity index (χ0v) is 8.47. The van der Waals surface area contributed by atoms with E-state index in [9.17, 15) is 4.79 Å². The summed E-state index contributed by atoms with van der Waals surface area (Å²) in [4.78, 5) is 11.7. The first kappa shape index (κ1) is 10.6. The van der Waals surface area contributed by atoms with E-state index in [2.05, 4.69) is 20.7 Å². The van der Waals surface area contributed by atoms with Gasteiger partial charge in [-0.3, -0.25) is 4.79 Å². The fraction of sp³-hybridized carbons (Fsp3) is 0.429. The van der Waals surface area contributed by atoms with Gasteiger partial charge in [-0.25, -0.2) is 0 Å². The summed E-state index contributed by atoms with van der Waals surface area (Å²) >= 11 is 4.76. The largest absolute Gasteiger partial charge is 0.393 e. The Morgan fingerprint density at radius 1 is 1.86 bits per heavy atom. The molecule has 0 saturated heterocycles. The second-order valence-corrected chi connectivity index (χ2v) is 3.34. The summed E-state index contributed by atoms with van der Waals surface area (Å²) in [6.07, 6.45) is 1.35. The van der Waals surface area contributed by atoms with Gasteiger partial charge in [0.1, 0.15) is 0 Å². The fourth-order valence-electron chi connectivity index (χ4n) is 0.748. The SMILES string of the molecule is CC(CNC(=O)c1cn[nH]n1)C(N)=S. The van der Waals surface area contributed by atoms with Crippen molar-refractivity contribution in [2.75, 3.05) is 6.54 Å². The highest BCUT2D eigenvalue weighted by Gasteiger charge is 2.10. The Bertz CT molecular complexity index is 323. The van der Waals surface area contributed by atoms with Crippen LogP contribution >= 0.6 is 12.2 Å². The topological polar surface area (TPSA) is 96.7 Å². The Morgan fingerprint density at radius 2 is 2.57 bits per heavy atom. The molecule has 0 fully saturated rings. The van der Waals surface area contributed by atoms with E-state index in [-0.39, 0.29) is 17.5 Å². The van der Waals surface area contributed by atoms with Crippen molar-refractivity contribution in [3.05, 3.63) is 11.9 Å². The average Bonchev–Trinajstić information content (AvgIpc) is 2.66. The number of aromatic amines is 1. The number of thiocarbonyl (C=S) groups is 1. The molecule has 0 spiro atoms. The molecule has 0 aliphatic rings. The van der Waals surface area contributed by atoms with E-state index in [1.165, 1.54) is 6.20 Å². The molecule has 6 nitrogen and oxygen atoms in total. The van der Waals surface area contributed by atoms with Crippen LogP contribution in [-0.4, -0.2) is 32.9 Å². The lowest BCUT2D eigenvalue weighted by Gasteiger charge is -2.09. The number of carbonyl (C=O) groups excluding carboxylic acids is 1. The lowest BCUT2D eigenvalue weighted by Crippen LogP contribution is -2.33. The highest BCUT2D eigenvalue weighted by Crippen LogP contribution is 1.94.